The van der Waals surface area contributed by atoms with Gasteiger partial charge < -0.3 is 19.7 Å². The topological polar surface area (TPSA) is 52.0 Å². The van der Waals surface area contributed by atoms with Crippen LogP contribution >= 0.6 is 0 Å². The van der Waals surface area contributed by atoms with Crippen molar-refractivity contribution in [2.24, 2.45) is 0 Å². The van der Waals surface area contributed by atoms with Crippen molar-refractivity contribution in [2.45, 2.75) is 32.5 Å². The van der Waals surface area contributed by atoms with Crippen LogP contribution in [0.1, 0.15) is 20.3 Å². The largest absolute Gasteiger partial charge is 0.497 e. The molecule has 2 N–H and O–H groups in total. The molecule has 1 aromatic carbocycles. The van der Waals surface area contributed by atoms with Gasteiger partial charge in [0.05, 0.1) is 20.1 Å². The first-order valence-corrected chi connectivity index (χ1v) is 7.49. The van der Waals surface area contributed by atoms with E-state index in [1.807, 2.05) is 24.3 Å². The lowest BCUT2D eigenvalue weighted by Crippen LogP contribution is -3.15. The highest BCUT2D eigenvalue weighted by Crippen LogP contribution is 2.16. The highest BCUT2D eigenvalue weighted by Gasteiger charge is 2.25. The van der Waals surface area contributed by atoms with Crippen molar-refractivity contribution < 1.29 is 19.2 Å². The summed E-state index contributed by atoms with van der Waals surface area (Å²) in [6, 6.07) is 7.41. The lowest BCUT2D eigenvalue weighted by molar-refractivity contribution is -0.914. The first-order valence-electron chi connectivity index (χ1n) is 7.49. The minimum Gasteiger partial charge on any atom is -0.497 e. The summed E-state index contributed by atoms with van der Waals surface area (Å²) in [6.45, 7) is 6.96. The molecule has 2 rings (SSSR count). The molecule has 5 heteroatoms. The maximum absolute atomic E-state index is 12.0. The molecular formula is C16H25N2O3+. The number of anilines is 1. The Morgan fingerprint density at radius 3 is 2.76 bits per heavy atom. The van der Waals surface area contributed by atoms with Gasteiger partial charge in [0, 0.05) is 11.8 Å². The molecule has 0 spiro atoms. The fourth-order valence-electron chi connectivity index (χ4n) is 2.81. The zero-order chi connectivity index (χ0) is 15.2. The number of hydrogen-bond donors (Lipinski definition) is 2. The van der Waals surface area contributed by atoms with E-state index in [2.05, 4.69) is 19.2 Å². The highest BCUT2D eigenvalue weighted by molar-refractivity contribution is 5.90. The lowest BCUT2D eigenvalue weighted by atomic mass is 10.2. The summed E-state index contributed by atoms with van der Waals surface area (Å²) in [6.07, 6.45) is 1.06. The molecule has 0 aliphatic carbocycles. The fraction of sp³-hybridized carbons (Fsp3) is 0.562. The van der Waals surface area contributed by atoms with Crippen LogP contribution in [0.3, 0.4) is 0 Å². The van der Waals surface area contributed by atoms with Crippen LogP contribution in [0.2, 0.25) is 0 Å². The molecule has 21 heavy (non-hydrogen) atoms. The molecule has 1 aliphatic rings. The summed E-state index contributed by atoms with van der Waals surface area (Å²) in [4.78, 5) is 13.5. The average molecular weight is 293 g/mol. The zero-order valence-corrected chi connectivity index (χ0v) is 13.0. The smallest absolute Gasteiger partial charge is 0.230 e. The van der Waals surface area contributed by atoms with Gasteiger partial charge in [-0.2, -0.15) is 0 Å². The number of carbonyl (C=O) groups is 1. The molecule has 1 heterocycles. The van der Waals surface area contributed by atoms with Gasteiger partial charge >= 0.3 is 0 Å². The van der Waals surface area contributed by atoms with Crippen molar-refractivity contribution in [1.82, 2.24) is 0 Å². The quantitative estimate of drug-likeness (QED) is 0.841. The van der Waals surface area contributed by atoms with Gasteiger partial charge in [0.1, 0.15) is 31.0 Å². The number of rotatable bonds is 5. The van der Waals surface area contributed by atoms with Crippen molar-refractivity contribution in [1.29, 1.82) is 0 Å². The van der Waals surface area contributed by atoms with Gasteiger partial charge in [0.15, 0.2) is 0 Å². The first-order chi connectivity index (χ1) is 10.1. The Bertz CT molecular complexity index is 468. The number of quaternary nitrogens is 1. The Labute approximate surface area is 126 Å². The Morgan fingerprint density at radius 2 is 2.10 bits per heavy atom. The Hall–Kier alpha value is -1.59. The van der Waals surface area contributed by atoms with E-state index in [-0.39, 0.29) is 18.1 Å². The van der Waals surface area contributed by atoms with Gasteiger partial charge in [0.2, 0.25) is 5.91 Å². The van der Waals surface area contributed by atoms with Gasteiger partial charge in [-0.3, -0.25) is 4.79 Å². The van der Waals surface area contributed by atoms with E-state index in [4.69, 9.17) is 9.47 Å². The third-order valence-electron chi connectivity index (χ3n) is 3.68. The number of carbonyl (C=O) groups excluding carboxylic acids is 1. The van der Waals surface area contributed by atoms with Crippen LogP contribution in [0, 0.1) is 0 Å². The molecule has 1 aliphatic heterocycles. The number of amides is 1. The minimum absolute atomic E-state index is 0.0440. The third kappa shape index (κ3) is 5.02. The molecule has 0 saturated carbocycles. The molecular weight excluding hydrogens is 268 g/mol. The summed E-state index contributed by atoms with van der Waals surface area (Å²) in [5, 5.41) is 2.92. The highest BCUT2D eigenvalue weighted by atomic mass is 16.5. The second-order valence-electron chi connectivity index (χ2n) is 5.70. The lowest BCUT2D eigenvalue weighted by Gasteiger charge is -2.32. The van der Waals surface area contributed by atoms with Crippen LogP contribution in [0.4, 0.5) is 5.69 Å². The molecule has 2 atom stereocenters. The van der Waals surface area contributed by atoms with Crippen LogP contribution in [0.5, 0.6) is 5.75 Å². The number of hydrogen-bond acceptors (Lipinski definition) is 3. The van der Waals surface area contributed by atoms with Gasteiger partial charge in [-0.05, 0) is 26.0 Å². The second-order valence-corrected chi connectivity index (χ2v) is 5.70. The molecule has 5 nitrogen and oxygen atoms in total. The predicted octanol–water partition coefficient (Wildman–Crippen LogP) is 0.716. The van der Waals surface area contributed by atoms with Gasteiger partial charge in [-0.15, -0.1) is 0 Å². The Morgan fingerprint density at radius 1 is 1.38 bits per heavy atom. The van der Waals surface area contributed by atoms with Crippen LogP contribution in [-0.2, 0) is 9.53 Å². The molecule has 0 aromatic heterocycles. The summed E-state index contributed by atoms with van der Waals surface area (Å²) < 4.78 is 10.9. The van der Waals surface area contributed by atoms with Gasteiger partial charge in [-0.1, -0.05) is 6.07 Å². The van der Waals surface area contributed by atoms with Crippen molar-refractivity contribution >= 4 is 11.6 Å². The number of ether oxygens (including phenoxy) is 2. The molecule has 1 aromatic rings. The van der Waals surface area contributed by atoms with E-state index in [0.29, 0.717) is 6.42 Å². The van der Waals surface area contributed by atoms with Gasteiger partial charge in [0.25, 0.3) is 0 Å². The fourth-order valence-corrected chi connectivity index (χ4v) is 2.81. The van der Waals surface area contributed by atoms with E-state index in [9.17, 15) is 4.79 Å². The van der Waals surface area contributed by atoms with Crippen molar-refractivity contribution in [3.8, 4) is 5.75 Å². The van der Waals surface area contributed by atoms with E-state index in [0.717, 1.165) is 31.1 Å². The molecule has 116 valence electrons. The number of methoxy groups -OCH3 is 1. The predicted molar refractivity (Wildman–Crippen MR) is 81.8 cm³/mol. The second kappa shape index (κ2) is 7.43. The van der Waals surface area contributed by atoms with E-state index >= 15 is 0 Å². The van der Waals surface area contributed by atoms with Gasteiger partial charge in [-0.25, -0.2) is 0 Å². The normalized spacial score (nSPS) is 25.4. The van der Waals surface area contributed by atoms with E-state index in [1.165, 1.54) is 4.90 Å². The number of morpholine rings is 1. The number of nitrogens with one attached hydrogen (secondary N) is 2. The Balaban J connectivity index is 1.79. The summed E-state index contributed by atoms with van der Waals surface area (Å²) in [5.41, 5.74) is 0.776. The molecule has 0 radical (unpaired) electrons. The summed E-state index contributed by atoms with van der Waals surface area (Å²) >= 11 is 0. The standard InChI is InChI=1S/C16H24N2O3/c1-12-10-18(11-13(2)21-12)8-7-16(19)17-14-5-4-6-15(9-14)20-3/h4-6,9,12-13H,7-8,10-11H2,1-3H3,(H,17,19)/p+1/t12-,13-/m1/s1. The van der Waals surface area contributed by atoms with Crippen LogP contribution in [0.25, 0.3) is 0 Å². The molecule has 0 bridgehead atoms. The van der Waals surface area contributed by atoms with Crippen molar-refractivity contribution in [2.75, 3.05) is 32.1 Å². The number of benzene rings is 1. The van der Waals surface area contributed by atoms with Crippen LogP contribution in [-0.4, -0.2) is 44.9 Å². The first kappa shape index (κ1) is 15.8. The van der Waals surface area contributed by atoms with Crippen molar-refractivity contribution in [3.63, 3.8) is 0 Å². The van der Waals surface area contributed by atoms with Crippen molar-refractivity contribution in [3.05, 3.63) is 24.3 Å². The van der Waals surface area contributed by atoms with E-state index in [1.54, 1.807) is 7.11 Å². The molecule has 1 saturated heterocycles. The summed E-state index contributed by atoms with van der Waals surface area (Å²) in [5.74, 6) is 0.789. The maximum atomic E-state index is 12.0. The molecule has 1 fully saturated rings. The maximum Gasteiger partial charge on any atom is 0.230 e. The van der Waals surface area contributed by atoms with Crippen LogP contribution < -0.4 is 15.0 Å². The third-order valence-corrected chi connectivity index (χ3v) is 3.68. The minimum atomic E-state index is 0.0440. The van der Waals surface area contributed by atoms with Crippen LogP contribution in [0.15, 0.2) is 24.3 Å². The zero-order valence-electron chi connectivity index (χ0n) is 13.0. The summed E-state index contributed by atoms with van der Waals surface area (Å²) in [7, 11) is 1.62. The molecule has 0 unspecified atom stereocenters. The SMILES string of the molecule is COc1cccc(NC(=O)CC[NH+]2C[C@@H](C)O[C@H](C)C2)c1. The van der Waals surface area contributed by atoms with E-state index < -0.39 is 0 Å². The monoisotopic (exact) mass is 293 g/mol. The Kier molecular flexibility index (Phi) is 5.59. The molecule has 1 amide bonds. The average Bonchev–Trinajstić information content (AvgIpc) is 2.44.